The van der Waals surface area contributed by atoms with Crippen LogP contribution in [-0.4, -0.2) is 48.4 Å². The van der Waals surface area contributed by atoms with Crippen LogP contribution in [0, 0.1) is 0 Å². The Balaban J connectivity index is 2.03. The lowest BCUT2D eigenvalue weighted by Gasteiger charge is -2.39. The fourth-order valence-corrected chi connectivity index (χ4v) is 2.37. The third kappa shape index (κ3) is 3.59. The highest BCUT2D eigenvalue weighted by Crippen LogP contribution is 2.18. The molecule has 21 heavy (non-hydrogen) atoms. The lowest BCUT2D eigenvalue weighted by Crippen LogP contribution is -2.58. The summed E-state index contributed by atoms with van der Waals surface area (Å²) in [4.78, 5) is 25.7. The molecule has 2 rings (SSSR count). The fourth-order valence-electron chi connectivity index (χ4n) is 2.37. The zero-order valence-corrected chi connectivity index (χ0v) is 12.5. The lowest BCUT2D eigenvalue weighted by molar-refractivity contribution is -0.126. The van der Waals surface area contributed by atoms with Crippen LogP contribution in [-0.2, 0) is 4.79 Å². The van der Waals surface area contributed by atoms with Crippen molar-refractivity contribution in [3.63, 3.8) is 0 Å². The van der Waals surface area contributed by atoms with E-state index in [4.69, 9.17) is 5.73 Å². The van der Waals surface area contributed by atoms with E-state index in [9.17, 15) is 9.59 Å². The number of carbonyl (C=O) groups excluding carboxylic acids is 2. The van der Waals surface area contributed by atoms with Crippen molar-refractivity contribution in [2.45, 2.75) is 19.4 Å². The zero-order chi connectivity index (χ0) is 15.5. The molecule has 0 atom stereocenters. The molecule has 6 heteroatoms. The predicted octanol–water partition coefficient (Wildman–Crippen LogP) is 0.408. The van der Waals surface area contributed by atoms with Gasteiger partial charge in [0.15, 0.2) is 0 Å². The van der Waals surface area contributed by atoms with Gasteiger partial charge in [-0.1, -0.05) is 0 Å². The van der Waals surface area contributed by atoms with Crippen LogP contribution in [0.5, 0.6) is 0 Å². The molecule has 0 unspecified atom stereocenters. The number of piperazine rings is 1. The Labute approximate surface area is 124 Å². The number of rotatable bonds is 4. The van der Waals surface area contributed by atoms with Crippen LogP contribution in [0.3, 0.4) is 0 Å². The number of nitrogens with one attached hydrogen (secondary N) is 2. The summed E-state index contributed by atoms with van der Waals surface area (Å²) in [6.07, 6.45) is 0. The second-order valence-corrected chi connectivity index (χ2v) is 5.69. The average molecular weight is 290 g/mol. The first-order valence-corrected chi connectivity index (χ1v) is 7.08. The molecule has 6 nitrogen and oxygen atoms in total. The summed E-state index contributed by atoms with van der Waals surface area (Å²) in [5, 5.41) is 6.17. The van der Waals surface area contributed by atoms with Crippen molar-refractivity contribution in [1.29, 1.82) is 0 Å². The van der Waals surface area contributed by atoms with Gasteiger partial charge >= 0.3 is 0 Å². The highest BCUT2D eigenvalue weighted by Gasteiger charge is 2.35. The van der Waals surface area contributed by atoms with Crippen molar-refractivity contribution >= 4 is 17.5 Å². The van der Waals surface area contributed by atoms with Crippen LogP contribution in [0.25, 0.3) is 0 Å². The van der Waals surface area contributed by atoms with Crippen molar-refractivity contribution in [1.82, 2.24) is 10.2 Å². The van der Waals surface area contributed by atoms with Crippen molar-refractivity contribution < 1.29 is 9.59 Å². The average Bonchev–Trinajstić information content (AvgIpc) is 2.48. The first kappa shape index (κ1) is 15.5. The second kappa shape index (κ2) is 6.24. The predicted molar refractivity (Wildman–Crippen MR) is 82.1 cm³/mol. The Morgan fingerprint density at radius 2 is 1.76 bits per heavy atom. The molecule has 1 saturated heterocycles. The molecular weight excluding hydrogens is 268 g/mol. The maximum absolute atomic E-state index is 12.5. The van der Waals surface area contributed by atoms with Crippen molar-refractivity contribution in [3.8, 4) is 0 Å². The molecule has 1 aliphatic heterocycles. The summed E-state index contributed by atoms with van der Waals surface area (Å²) in [6, 6.07) is 6.59. The van der Waals surface area contributed by atoms with Gasteiger partial charge in [0.25, 0.3) is 0 Å². The second-order valence-electron chi connectivity index (χ2n) is 5.69. The highest BCUT2D eigenvalue weighted by molar-refractivity contribution is 5.98. The van der Waals surface area contributed by atoms with Crippen LogP contribution in [0.1, 0.15) is 24.2 Å². The summed E-state index contributed by atoms with van der Waals surface area (Å²) >= 11 is 0. The van der Waals surface area contributed by atoms with E-state index in [1.807, 2.05) is 13.8 Å². The molecular formula is C15H22N4O2. The molecule has 0 spiro atoms. The number of amides is 2. The topological polar surface area (TPSA) is 87.5 Å². The smallest absolute Gasteiger partial charge is 0.248 e. The SMILES string of the molecule is CC(C)(C(=O)Nc1ccc(C(N)=O)cc1)N1CCNCC1. The van der Waals surface area contributed by atoms with Gasteiger partial charge in [-0.05, 0) is 38.1 Å². The number of hydrogen-bond donors (Lipinski definition) is 3. The molecule has 1 heterocycles. The third-order valence-electron chi connectivity index (χ3n) is 3.89. The summed E-state index contributed by atoms with van der Waals surface area (Å²) in [7, 11) is 0. The number of benzene rings is 1. The molecule has 0 saturated carbocycles. The maximum Gasteiger partial charge on any atom is 0.248 e. The van der Waals surface area contributed by atoms with Crippen LogP contribution in [0.2, 0.25) is 0 Å². The van der Waals surface area contributed by atoms with Gasteiger partial charge in [-0.15, -0.1) is 0 Å². The Bertz CT molecular complexity index is 519. The molecule has 1 aromatic carbocycles. The number of carbonyl (C=O) groups is 2. The molecule has 0 radical (unpaired) electrons. The molecule has 1 aliphatic rings. The number of anilines is 1. The van der Waals surface area contributed by atoms with Gasteiger partial charge in [0.2, 0.25) is 11.8 Å². The summed E-state index contributed by atoms with van der Waals surface area (Å²) in [6.45, 7) is 7.33. The molecule has 1 fully saturated rings. The number of hydrogen-bond acceptors (Lipinski definition) is 4. The van der Waals surface area contributed by atoms with Gasteiger partial charge in [-0.25, -0.2) is 0 Å². The first-order chi connectivity index (χ1) is 9.91. The molecule has 2 amide bonds. The maximum atomic E-state index is 12.5. The van der Waals surface area contributed by atoms with E-state index < -0.39 is 11.4 Å². The Morgan fingerprint density at radius 1 is 1.19 bits per heavy atom. The van der Waals surface area contributed by atoms with E-state index in [1.165, 1.54) is 0 Å². The zero-order valence-electron chi connectivity index (χ0n) is 12.5. The number of primary amides is 1. The normalized spacial score (nSPS) is 16.5. The van der Waals surface area contributed by atoms with Crippen molar-refractivity contribution in [2.75, 3.05) is 31.5 Å². The fraction of sp³-hybridized carbons (Fsp3) is 0.467. The van der Waals surface area contributed by atoms with E-state index in [-0.39, 0.29) is 5.91 Å². The van der Waals surface area contributed by atoms with Crippen LogP contribution < -0.4 is 16.4 Å². The first-order valence-electron chi connectivity index (χ1n) is 7.08. The summed E-state index contributed by atoms with van der Waals surface area (Å²) < 4.78 is 0. The van der Waals surface area contributed by atoms with Crippen LogP contribution >= 0.6 is 0 Å². The Morgan fingerprint density at radius 3 is 2.29 bits per heavy atom. The standard InChI is InChI=1S/C15H22N4O2/c1-15(2,19-9-7-17-8-10-19)14(21)18-12-5-3-11(4-6-12)13(16)20/h3-6,17H,7-10H2,1-2H3,(H2,16,20)(H,18,21). The monoisotopic (exact) mass is 290 g/mol. The van der Waals surface area contributed by atoms with Gasteiger partial charge in [-0.3, -0.25) is 14.5 Å². The van der Waals surface area contributed by atoms with Crippen molar-refractivity contribution in [2.24, 2.45) is 5.73 Å². The van der Waals surface area contributed by atoms with Gasteiger partial charge < -0.3 is 16.4 Å². The van der Waals surface area contributed by atoms with Crippen LogP contribution in [0.4, 0.5) is 5.69 Å². The molecule has 1 aromatic rings. The third-order valence-corrected chi connectivity index (χ3v) is 3.89. The van der Waals surface area contributed by atoms with E-state index in [1.54, 1.807) is 24.3 Å². The largest absolute Gasteiger partial charge is 0.366 e. The van der Waals surface area contributed by atoms with Gasteiger partial charge in [0.05, 0.1) is 5.54 Å². The van der Waals surface area contributed by atoms with Gasteiger partial charge in [-0.2, -0.15) is 0 Å². The van der Waals surface area contributed by atoms with E-state index >= 15 is 0 Å². The molecule has 0 aromatic heterocycles. The minimum absolute atomic E-state index is 0.0591. The Hall–Kier alpha value is -1.92. The van der Waals surface area contributed by atoms with E-state index in [0.29, 0.717) is 11.3 Å². The van der Waals surface area contributed by atoms with Crippen LogP contribution in [0.15, 0.2) is 24.3 Å². The van der Waals surface area contributed by atoms with Gasteiger partial charge in [0, 0.05) is 37.4 Å². The minimum atomic E-state index is -0.579. The Kier molecular flexibility index (Phi) is 4.59. The molecule has 0 aliphatic carbocycles. The quantitative estimate of drug-likeness (QED) is 0.749. The number of nitrogens with zero attached hydrogens (tertiary/aromatic N) is 1. The summed E-state index contributed by atoms with van der Waals surface area (Å²) in [5.41, 5.74) is 5.70. The van der Waals surface area contributed by atoms with E-state index in [2.05, 4.69) is 15.5 Å². The van der Waals surface area contributed by atoms with E-state index in [0.717, 1.165) is 26.2 Å². The number of nitrogens with two attached hydrogens (primary N) is 1. The molecule has 114 valence electrons. The lowest BCUT2D eigenvalue weighted by atomic mass is 10.00. The van der Waals surface area contributed by atoms with Crippen molar-refractivity contribution in [3.05, 3.63) is 29.8 Å². The summed E-state index contributed by atoms with van der Waals surface area (Å²) in [5.74, 6) is -0.537. The minimum Gasteiger partial charge on any atom is -0.366 e. The molecule has 4 N–H and O–H groups in total. The highest BCUT2D eigenvalue weighted by atomic mass is 16.2. The molecule has 0 bridgehead atoms. The van der Waals surface area contributed by atoms with Gasteiger partial charge in [0.1, 0.15) is 0 Å².